The van der Waals surface area contributed by atoms with E-state index in [0.717, 1.165) is 198 Å². The summed E-state index contributed by atoms with van der Waals surface area (Å²) < 4.78 is 26.5. The van der Waals surface area contributed by atoms with E-state index >= 15 is 0 Å². The molecule has 0 bridgehead atoms. The predicted molar refractivity (Wildman–Crippen MR) is 491 cm³/mol. The molecule has 15 rings (SSSR count). The SMILES string of the molecule is [C-]#[N+]c1cc(N2CCCC2)c2ncc(CC)c(NCc3ccc(OC)c(Cl)c3)c2c1.[C-]#[N+]c1cc(N2CCOCC2)c2ncc(CC)c(NCc3ccc(OC)c(Cl)c3)c2c1.[C-]#[N+]c1cc(NC2CC2)c2ncc(CC)c(NCc3ccc(OC)c(Cl)c3)c2c1.[C-]#[N+]c1cc(NCCC)c2ncc(CC)c(NCc3ccc(OC)c(Cl)c3)c2c1. The first-order valence-electron chi connectivity index (χ1n) is 40.2. The number of nitrogens with zero attached hydrogens (tertiary/aromatic N) is 10. The van der Waals surface area contributed by atoms with E-state index in [1.807, 2.05) is 146 Å². The average Bonchev–Trinajstić information content (AvgIpc) is 1.64. The molecule has 612 valence electrons. The molecule has 12 aromatic rings. The Hall–Kier alpha value is -11.9. The summed E-state index contributed by atoms with van der Waals surface area (Å²) in [4.78, 5) is 38.4. The number of aromatic nitrogens is 4. The van der Waals surface area contributed by atoms with Crippen molar-refractivity contribution in [1.29, 1.82) is 0 Å². The van der Waals surface area contributed by atoms with Crippen molar-refractivity contribution in [3.8, 4) is 23.0 Å². The lowest BCUT2D eigenvalue weighted by Crippen LogP contribution is -2.36. The number of halogens is 4. The Morgan fingerprint density at radius 1 is 0.395 bits per heavy atom. The van der Waals surface area contributed by atoms with Crippen molar-refractivity contribution in [2.75, 3.05) is 116 Å². The van der Waals surface area contributed by atoms with Crippen LogP contribution in [-0.4, -0.2) is 100 Å². The van der Waals surface area contributed by atoms with Crippen molar-refractivity contribution in [3.05, 3.63) is 256 Å². The molecule has 2 saturated heterocycles. The van der Waals surface area contributed by atoms with E-state index in [-0.39, 0.29) is 0 Å². The molecule has 0 amide bonds. The third-order valence-electron chi connectivity index (χ3n) is 21.2. The van der Waals surface area contributed by atoms with Gasteiger partial charge in [0.05, 0.1) is 133 Å². The minimum absolute atomic E-state index is 0.490. The molecule has 21 nitrogen and oxygen atoms in total. The number of pyridine rings is 4. The van der Waals surface area contributed by atoms with Gasteiger partial charge in [-0.1, -0.05) is 105 Å². The number of hydrogen-bond donors (Lipinski definition) is 6. The Morgan fingerprint density at radius 2 is 0.706 bits per heavy atom. The standard InChI is InChI=1S/C24H25ClN4O2.C24H25ClN4O.C23H23ClN4O.C23H25ClN4O/c1-4-17-15-28-24-19(12-18(26-2)13-21(24)29-7-9-31-10-8-29)23(17)27-14-16-5-6-22(30-3)20(25)11-16;1-4-17-15-28-24-19(12-18(26-2)13-21(24)29-9-5-6-10-29)23(17)27-14-16-7-8-22(30-3)20(25)11-16;1-4-15-13-27-23-18(10-17(25-2)11-20(23)28-16-6-7-16)22(15)26-12-14-5-8-21(29-3)19(24)9-14;1-5-9-26-20-12-17(25-3)11-18-22(16(6-2)14-28-23(18)20)27-13-15-7-8-21(29-4)19(24)10-15/h5-6,11-13,15H,4,7-10,14H2,1,3H3,(H,27,28);7-8,11-13,15H,4-6,9-10,14H2,1,3H3,(H,27,28);5,8-11,13,16,28H,4,6-7,12H2,1,3H3,(H,26,27);7-8,10-12,14,26H,5-6,9,13H2,1-2,4H3,(H,27,28). The molecular formula is C94H98Cl4N16O5. The van der Waals surface area contributed by atoms with Gasteiger partial charge in [0.15, 0.2) is 22.7 Å². The minimum atomic E-state index is 0.490. The summed E-state index contributed by atoms with van der Waals surface area (Å²) >= 11 is 25.1. The van der Waals surface area contributed by atoms with Crippen LogP contribution in [0.25, 0.3) is 63.0 Å². The van der Waals surface area contributed by atoms with E-state index in [2.05, 4.69) is 101 Å². The van der Waals surface area contributed by atoms with Crippen molar-refractivity contribution >= 4 is 158 Å². The fraction of sp³-hybridized carbons (Fsp3) is 0.319. The van der Waals surface area contributed by atoms with E-state index in [9.17, 15) is 0 Å². The molecule has 6 N–H and O–H groups in total. The van der Waals surface area contributed by atoms with Crippen LogP contribution in [0.2, 0.25) is 20.1 Å². The maximum absolute atomic E-state index is 7.61. The van der Waals surface area contributed by atoms with Crippen LogP contribution in [0.4, 0.5) is 68.2 Å². The number of aryl methyl sites for hydroxylation is 4. The molecular weight excluding hydrogens is 1570 g/mol. The molecule has 0 atom stereocenters. The molecule has 4 aromatic heterocycles. The van der Waals surface area contributed by atoms with Crippen molar-refractivity contribution in [2.45, 2.75) is 125 Å². The van der Waals surface area contributed by atoms with Gasteiger partial charge in [0, 0.05) is 134 Å². The molecule has 1 saturated carbocycles. The number of morpholine rings is 1. The Balaban J connectivity index is 0.000000146. The number of nitrogens with one attached hydrogen (secondary N) is 6. The average molecular weight is 1670 g/mol. The van der Waals surface area contributed by atoms with Crippen molar-refractivity contribution < 1.29 is 23.7 Å². The zero-order chi connectivity index (χ0) is 84.1. The van der Waals surface area contributed by atoms with Gasteiger partial charge in [0.25, 0.3) is 0 Å². The number of hydrogen-bond acceptors (Lipinski definition) is 17. The lowest BCUT2D eigenvalue weighted by Gasteiger charge is -2.30. The highest BCUT2D eigenvalue weighted by Crippen LogP contribution is 2.43. The summed E-state index contributed by atoms with van der Waals surface area (Å²) in [5.41, 5.74) is 22.8. The number of anilines is 8. The largest absolute Gasteiger partial charge is 0.495 e. The van der Waals surface area contributed by atoms with Gasteiger partial charge in [-0.25, -0.2) is 19.4 Å². The summed E-state index contributed by atoms with van der Waals surface area (Å²) in [5.74, 6) is 2.65. The number of ether oxygens (including phenoxy) is 5. The lowest BCUT2D eigenvalue weighted by molar-refractivity contribution is 0.123. The Kier molecular flexibility index (Phi) is 30.1. The molecule has 3 fully saturated rings. The topological polar surface area (TPSA) is 194 Å². The molecule has 2 aliphatic heterocycles. The molecule has 0 radical (unpaired) electrons. The van der Waals surface area contributed by atoms with Gasteiger partial charge in [0.2, 0.25) is 0 Å². The van der Waals surface area contributed by atoms with E-state index in [1.165, 1.54) is 25.7 Å². The number of rotatable bonds is 27. The van der Waals surface area contributed by atoms with Crippen LogP contribution in [0, 0.1) is 26.3 Å². The van der Waals surface area contributed by atoms with E-state index < -0.39 is 0 Å². The first-order valence-corrected chi connectivity index (χ1v) is 41.7. The van der Waals surface area contributed by atoms with Crippen molar-refractivity contribution in [2.24, 2.45) is 0 Å². The van der Waals surface area contributed by atoms with Crippen molar-refractivity contribution in [3.63, 3.8) is 0 Å². The molecule has 0 unspecified atom stereocenters. The highest BCUT2D eigenvalue weighted by Gasteiger charge is 2.26. The van der Waals surface area contributed by atoms with Gasteiger partial charge in [-0.3, -0.25) is 19.9 Å². The van der Waals surface area contributed by atoms with Gasteiger partial charge in [0.1, 0.15) is 23.0 Å². The molecule has 25 heteroatoms. The Labute approximate surface area is 717 Å². The first kappa shape index (κ1) is 86.4. The summed E-state index contributed by atoms with van der Waals surface area (Å²) in [7, 11) is 6.44. The summed E-state index contributed by atoms with van der Waals surface area (Å²) in [5, 5.41) is 27.5. The monoisotopic (exact) mass is 1670 g/mol. The van der Waals surface area contributed by atoms with Crippen LogP contribution in [0.3, 0.4) is 0 Å². The van der Waals surface area contributed by atoms with Crippen LogP contribution in [-0.2, 0) is 56.6 Å². The Bertz CT molecular complexity index is 5830. The number of methoxy groups -OCH3 is 4. The zero-order valence-electron chi connectivity index (χ0n) is 68.6. The van der Waals surface area contributed by atoms with Gasteiger partial charge in [-0.2, -0.15) is 0 Å². The van der Waals surface area contributed by atoms with E-state index in [1.54, 1.807) is 28.4 Å². The number of benzene rings is 8. The van der Waals surface area contributed by atoms with E-state index in [4.69, 9.17) is 111 Å². The molecule has 0 spiro atoms. The molecule has 6 heterocycles. The quantitative estimate of drug-likeness (QED) is 0.0266. The fourth-order valence-corrected chi connectivity index (χ4v) is 15.8. The minimum Gasteiger partial charge on any atom is -0.495 e. The molecule has 119 heavy (non-hydrogen) atoms. The van der Waals surface area contributed by atoms with Crippen molar-refractivity contribution in [1.82, 2.24) is 19.9 Å². The summed E-state index contributed by atoms with van der Waals surface area (Å²) in [6, 6.07) is 39.0. The zero-order valence-corrected chi connectivity index (χ0v) is 71.6. The van der Waals surface area contributed by atoms with Crippen LogP contribution < -0.4 is 60.6 Å². The molecule has 8 aromatic carbocycles. The van der Waals surface area contributed by atoms with Crippen LogP contribution in [0.5, 0.6) is 23.0 Å². The second-order valence-electron chi connectivity index (χ2n) is 28.9. The highest BCUT2D eigenvalue weighted by atomic mass is 35.5. The third-order valence-corrected chi connectivity index (χ3v) is 22.4. The predicted octanol–water partition coefficient (Wildman–Crippen LogP) is 24.3. The third kappa shape index (κ3) is 21.0. The lowest BCUT2D eigenvalue weighted by atomic mass is 10.0. The Morgan fingerprint density at radius 3 is 1.02 bits per heavy atom. The van der Waals surface area contributed by atoms with Gasteiger partial charge >= 0.3 is 0 Å². The van der Waals surface area contributed by atoms with Gasteiger partial charge in [-0.05, 0) is 199 Å². The number of fused-ring (bicyclic) bond motifs is 4. The van der Waals surface area contributed by atoms with Crippen LogP contribution in [0.1, 0.15) is 111 Å². The first-order chi connectivity index (χ1) is 58.0. The van der Waals surface area contributed by atoms with Gasteiger partial charge < -0.3 is 65.4 Å². The maximum atomic E-state index is 7.61. The second-order valence-corrected chi connectivity index (χ2v) is 30.6. The summed E-state index contributed by atoms with van der Waals surface area (Å²) in [6.45, 7) is 49.0. The second kappa shape index (κ2) is 41.5. The smallest absolute Gasteiger partial charge is 0.190 e. The maximum Gasteiger partial charge on any atom is 0.190 e. The van der Waals surface area contributed by atoms with Gasteiger partial charge in [-0.15, -0.1) is 0 Å². The fourth-order valence-electron chi connectivity index (χ4n) is 14.7. The van der Waals surface area contributed by atoms with Crippen LogP contribution in [0.15, 0.2) is 146 Å². The summed E-state index contributed by atoms with van der Waals surface area (Å²) in [6.07, 6.45) is 16.8. The normalized spacial score (nSPS) is 12.8. The highest BCUT2D eigenvalue weighted by molar-refractivity contribution is 6.33. The van der Waals surface area contributed by atoms with E-state index in [0.29, 0.717) is 111 Å². The molecule has 3 aliphatic rings. The van der Waals surface area contributed by atoms with Crippen LogP contribution >= 0.6 is 46.4 Å². The molecule has 1 aliphatic carbocycles.